The molecule has 4 rings (SSSR count). The van der Waals surface area contributed by atoms with Gasteiger partial charge in [-0.15, -0.1) is 0 Å². The quantitative estimate of drug-likeness (QED) is 0.548. The Hall–Kier alpha value is -3.66. The third kappa shape index (κ3) is 5.28. The third-order valence-corrected chi connectivity index (χ3v) is 7.18. The highest BCUT2D eigenvalue weighted by Crippen LogP contribution is 2.25. The van der Waals surface area contributed by atoms with Gasteiger partial charge in [-0.1, -0.05) is 6.07 Å². The fourth-order valence-electron chi connectivity index (χ4n) is 3.87. The number of anilines is 2. The van der Waals surface area contributed by atoms with E-state index < -0.39 is 21.8 Å². The lowest BCUT2D eigenvalue weighted by molar-refractivity contribution is -0.121. The normalized spacial score (nSPS) is 16.2. The highest BCUT2D eigenvalue weighted by Gasteiger charge is 2.30. The Morgan fingerprint density at radius 3 is 2.53 bits per heavy atom. The summed E-state index contributed by atoms with van der Waals surface area (Å²) in [5.41, 5.74) is 1.03. The molecule has 1 saturated heterocycles. The summed E-state index contributed by atoms with van der Waals surface area (Å²) in [6.07, 6.45) is 2.70. The first-order chi connectivity index (χ1) is 16.2. The monoisotopic (exact) mass is 485 g/mol. The average molecular weight is 486 g/mol. The van der Waals surface area contributed by atoms with Gasteiger partial charge in [0.15, 0.2) is 5.76 Å². The molecule has 178 valence electrons. The molecule has 3 aromatic rings. The second-order valence-corrected chi connectivity index (χ2v) is 9.80. The molecule has 0 radical (unpaired) electrons. The van der Waals surface area contributed by atoms with Crippen molar-refractivity contribution in [3.8, 4) is 0 Å². The molecule has 2 amide bonds. The number of benzene rings is 2. The minimum absolute atomic E-state index is 0.00658. The van der Waals surface area contributed by atoms with Crippen LogP contribution in [0.3, 0.4) is 0 Å². The van der Waals surface area contributed by atoms with E-state index >= 15 is 0 Å². The molecule has 34 heavy (non-hydrogen) atoms. The topological polar surface area (TPSA) is 109 Å². The number of amides is 2. The molecule has 2 heterocycles. The molecule has 10 heteroatoms. The molecular weight excluding hydrogens is 461 g/mol. The highest BCUT2D eigenvalue weighted by molar-refractivity contribution is 7.92. The van der Waals surface area contributed by atoms with Gasteiger partial charge in [-0.05, 0) is 73.9 Å². The summed E-state index contributed by atoms with van der Waals surface area (Å²) in [6.45, 7) is 2.42. The number of carbonyl (C=O) groups excluding carboxylic acids is 2. The predicted molar refractivity (Wildman–Crippen MR) is 124 cm³/mol. The van der Waals surface area contributed by atoms with Crippen LogP contribution in [0.15, 0.2) is 70.2 Å². The minimum Gasteiger partial charge on any atom is -0.459 e. The molecule has 1 aliphatic rings. The molecule has 1 aromatic heterocycles. The van der Waals surface area contributed by atoms with Crippen molar-refractivity contribution >= 4 is 33.2 Å². The summed E-state index contributed by atoms with van der Waals surface area (Å²) in [4.78, 5) is 27.1. The van der Waals surface area contributed by atoms with E-state index in [4.69, 9.17) is 4.42 Å². The standard InChI is InChI=1S/C24H24FN3O5S/c1-16-6-9-20(14-22(16)34(31,32)27-19-10-7-18(25)8-11-19)26-23(29)17-4-2-12-28(15-17)24(30)21-5-3-13-33-21/h3,5-11,13-14,17,27H,2,4,12,15H2,1H3,(H,26,29)/t17-/m1/s1. The number of rotatable bonds is 6. The zero-order valence-corrected chi connectivity index (χ0v) is 19.3. The first-order valence-corrected chi connectivity index (χ1v) is 12.2. The number of halogens is 1. The number of hydrogen-bond donors (Lipinski definition) is 2. The van der Waals surface area contributed by atoms with Crippen LogP contribution in [0.5, 0.6) is 0 Å². The fourth-order valence-corrected chi connectivity index (χ4v) is 5.20. The van der Waals surface area contributed by atoms with Gasteiger partial charge in [0.05, 0.1) is 17.1 Å². The van der Waals surface area contributed by atoms with Crippen LogP contribution in [0.2, 0.25) is 0 Å². The van der Waals surface area contributed by atoms with Crippen molar-refractivity contribution in [1.29, 1.82) is 0 Å². The van der Waals surface area contributed by atoms with Crippen LogP contribution in [0.25, 0.3) is 0 Å². The lowest BCUT2D eigenvalue weighted by Crippen LogP contribution is -2.43. The zero-order chi connectivity index (χ0) is 24.3. The maximum absolute atomic E-state index is 13.1. The van der Waals surface area contributed by atoms with Crippen molar-refractivity contribution in [1.82, 2.24) is 4.90 Å². The van der Waals surface area contributed by atoms with E-state index in [1.54, 1.807) is 36.1 Å². The molecule has 2 N–H and O–H groups in total. The largest absolute Gasteiger partial charge is 0.459 e. The van der Waals surface area contributed by atoms with Gasteiger partial charge in [0.25, 0.3) is 15.9 Å². The number of nitrogens with zero attached hydrogens (tertiary/aromatic N) is 1. The molecule has 2 aromatic carbocycles. The Morgan fingerprint density at radius 1 is 1.09 bits per heavy atom. The van der Waals surface area contributed by atoms with E-state index in [1.807, 2.05) is 0 Å². The summed E-state index contributed by atoms with van der Waals surface area (Å²) in [5, 5.41) is 2.77. The Balaban J connectivity index is 1.46. The molecular formula is C24H24FN3O5S. The van der Waals surface area contributed by atoms with E-state index in [0.717, 1.165) is 12.1 Å². The van der Waals surface area contributed by atoms with Crippen molar-refractivity contribution < 1.29 is 26.8 Å². The maximum atomic E-state index is 13.1. The summed E-state index contributed by atoms with van der Waals surface area (Å²) in [5.74, 6) is -1.25. The molecule has 1 aliphatic heterocycles. The number of sulfonamides is 1. The van der Waals surface area contributed by atoms with Gasteiger partial charge < -0.3 is 14.6 Å². The van der Waals surface area contributed by atoms with Crippen molar-refractivity contribution in [2.24, 2.45) is 5.92 Å². The minimum atomic E-state index is -3.97. The lowest BCUT2D eigenvalue weighted by atomic mass is 9.96. The summed E-state index contributed by atoms with van der Waals surface area (Å²) < 4.78 is 46.5. The molecule has 0 bridgehead atoms. The van der Waals surface area contributed by atoms with Crippen molar-refractivity contribution in [3.63, 3.8) is 0 Å². The highest BCUT2D eigenvalue weighted by atomic mass is 32.2. The smallest absolute Gasteiger partial charge is 0.289 e. The van der Waals surface area contributed by atoms with Gasteiger partial charge in [-0.25, -0.2) is 12.8 Å². The van der Waals surface area contributed by atoms with E-state index in [1.165, 1.54) is 24.5 Å². The van der Waals surface area contributed by atoms with E-state index in [2.05, 4.69) is 10.0 Å². The molecule has 0 saturated carbocycles. The van der Waals surface area contributed by atoms with Gasteiger partial charge in [-0.3, -0.25) is 14.3 Å². The average Bonchev–Trinajstić information content (AvgIpc) is 3.36. The maximum Gasteiger partial charge on any atom is 0.289 e. The molecule has 8 nitrogen and oxygen atoms in total. The fraction of sp³-hybridized carbons (Fsp3) is 0.250. The summed E-state index contributed by atoms with van der Waals surface area (Å²) in [6, 6.07) is 12.8. The van der Waals surface area contributed by atoms with Crippen LogP contribution in [0.4, 0.5) is 15.8 Å². The van der Waals surface area contributed by atoms with Crippen molar-refractivity contribution in [2.75, 3.05) is 23.1 Å². The van der Waals surface area contributed by atoms with E-state index in [-0.39, 0.29) is 34.7 Å². The first kappa shape index (κ1) is 23.5. The number of furan rings is 1. The van der Waals surface area contributed by atoms with Crippen molar-refractivity contribution in [3.05, 3.63) is 78.0 Å². The lowest BCUT2D eigenvalue weighted by Gasteiger charge is -2.31. The van der Waals surface area contributed by atoms with Gasteiger partial charge in [0.2, 0.25) is 5.91 Å². The number of piperidine rings is 1. The molecule has 0 unspecified atom stereocenters. The number of nitrogens with one attached hydrogen (secondary N) is 2. The SMILES string of the molecule is Cc1ccc(NC(=O)[C@@H]2CCCN(C(=O)c3ccco3)C2)cc1S(=O)(=O)Nc1ccc(F)cc1. The second-order valence-electron chi connectivity index (χ2n) is 8.15. The Morgan fingerprint density at radius 2 is 1.82 bits per heavy atom. The van der Waals surface area contributed by atoms with Crippen LogP contribution in [-0.2, 0) is 14.8 Å². The molecule has 1 atom stereocenters. The number of carbonyl (C=O) groups is 2. The van der Waals surface area contributed by atoms with Gasteiger partial charge >= 0.3 is 0 Å². The number of hydrogen-bond acceptors (Lipinski definition) is 5. The van der Waals surface area contributed by atoms with E-state index in [9.17, 15) is 22.4 Å². The van der Waals surface area contributed by atoms with Gasteiger partial charge in [0.1, 0.15) is 5.82 Å². The van der Waals surface area contributed by atoms with Gasteiger partial charge in [0, 0.05) is 24.5 Å². The Bertz CT molecular complexity index is 1290. The Kier molecular flexibility index (Phi) is 6.69. The zero-order valence-electron chi connectivity index (χ0n) is 18.5. The van der Waals surface area contributed by atoms with Gasteiger partial charge in [-0.2, -0.15) is 0 Å². The van der Waals surface area contributed by atoms with Crippen LogP contribution < -0.4 is 10.0 Å². The van der Waals surface area contributed by atoms with E-state index in [0.29, 0.717) is 30.6 Å². The van der Waals surface area contributed by atoms with Crippen molar-refractivity contribution in [2.45, 2.75) is 24.7 Å². The van der Waals surface area contributed by atoms with Crippen LogP contribution in [-0.4, -0.2) is 38.2 Å². The third-order valence-electron chi connectivity index (χ3n) is 5.65. The van der Waals surface area contributed by atoms with Crippen LogP contribution in [0, 0.1) is 18.7 Å². The molecule has 0 aliphatic carbocycles. The molecule has 1 fully saturated rings. The Labute approximate surface area is 196 Å². The number of likely N-dealkylation sites (tertiary alicyclic amines) is 1. The summed E-state index contributed by atoms with van der Waals surface area (Å²) in [7, 11) is -3.97. The number of aryl methyl sites for hydroxylation is 1. The predicted octanol–water partition coefficient (Wildman–Crippen LogP) is 4.02. The second kappa shape index (κ2) is 9.68. The summed E-state index contributed by atoms with van der Waals surface area (Å²) >= 11 is 0. The van der Waals surface area contributed by atoms with Crippen LogP contribution in [0.1, 0.15) is 29.0 Å². The molecule has 0 spiro atoms. The van der Waals surface area contributed by atoms with Crippen LogP contribution >= 0.6 is 0 Å². The first-order valence-electron chi connectivity index (χ1n) is 10.8.